The number of methoxy groups -OCH3 is 1. The molecule has 3 nitrogen and oxygen atoms in total. The normalized spacial score (nSPS) is 11.1. The van der Waals surface area contributed by atoms with Gasteiger partial charge in [0.05, 0.1) is 7.11 Å². The first-order valence-corrected chi connectivity index (χ1v) is 7.08. The molecule has 0 aliphatic carbocycles. The van der Waals surface area contributed by atoms with Crippen molar-refractivity contribution < 1.29 is 14.6 Å². The van der Waals surface area contributed by atoms with Crippen molar-refractivity contribution in [3.05, 3.63) is 47.5 Å². The molecule has 110 valence electrons. The molecular weight excluding hydrogens is 264 g/mol. The second-order valence-electron chi connectivity index (χ2n) is 5.05. The van der Waals surface area contributed by atoms with E-state index in [1.165, 1.54) is 0 Å². The molecule has 0 fully saturated rings. The average Bonchev–Trinajstić information content (AvgIpc) is 2.46. The van der Waals surface area contributed by atoms with Gasteiger partial charge in [0.2, 0.25) is 0 Å². The number of benzene rings is 2. The summed E-state index contributed by atoms with van der Waals surface area (Å²) in [5.41, 5.74) is 2.21. The highest BCUT2D eigenvalue weighted by Crippen LogP contribution is 2.33. The Labute approximate surface area is 124 Å². The zero-order chi connectivity index (χ0) is 15.2. The van der Waals surface area contributed by atoms with Crippen LogP contribution in [0.2, 0.25) is 0 Å². The Hall–Kier alpha value is -2.29. The SMILES string of the molecule is COc1c(/C=C/CCCC(=O)O)c(C)cc2ccccc12. The topological polar surface area (TPSA) is 46.5 Å². The molecule has 2 rings (SSSR count). The summed E-state index contributed by atoms with van der Waals surface area (Å²) < 4.78 is 5.59. The summed E-state index contributed by atoms with van der Waals surface area (Å²) in [5.74, 6) is 0.128. The Morgan fingerprint density at radius 2 is 2.10 bits per heavy atom. The predicted molar refractivity (Wildman–Crippen MR) is 85.8 cm³/mol. The number of hydrogen-bond acceptors (Lipinski definition) is 2. The first-order chi connectivity index (χ1) is 10.1. The average molecular weight is 284 g/mol. The van der Waals surface area contributed by atoms with Crippen LogP contribution in [0.4, 0.5) is 0 Å². The van der Waals surface area contributed by atoms with Gasteiger partial charge in [-0.2, -0.15) is 0 Å². The van der Waals surface area contributed by atoms with Gasteiger partial charge in [-0.05, 0) is 30.7 Å². The molecule has 0 unspecified atom stereocenters. The second-order valence-corrected chi connectivity index (χ2v) is 5.05. The first-order valence-electron chi connectivity index (χ1n) is 7.08. The molecule has 0 bridgehead atoms. The lowest BCUT2D eigenvalue weighted by Gasteiger charge is -2.12. The lowest BCUT2D eigenvalue weighted by atomic mass is 9.99. The molecule has 0 aliphatic rings. The van der Waals surface area contributed by atoms with Gasteiger partial charge in [-0.1, -0.05) is 42.5 Å². The number of hydrogen-bond donors (Lipinski definition) is 1. The quantitative estimate of drug-likeness (QED) is 0.798. The molecule has 0 heterocycles. The van der Waals surface area contributed by atoms with Gasteiger partial charge in [0, 0.05) is 17.4 Å². The number of fused-ring (bicyclic) bond motifs is 1. The van der Waals surface area contributed by atoms with Gasteiger partial charge in [-0.25, -0.2) is 0 Å². The van der Waals surface area contributed by atoms with Crippen molar-refractivity contribution in [1.82, 2.24) is 0 Å². The molecule has 21 heavy (non-hydrogen) atoms. The van der Waals surface area contributed by atoms with Crippen LogP contribution in [-0.2, 0) is 4.79 Å². The minimum atomic E-state index is -0.747. The Kier molecular flexibility index (Phi) is 4.99. The highest BCUT2D eigenvalue weighted by molar-refractivity contribution is 5.93. The van der Waals surface area contributed by atoms with Crippen molar-refractivity contribution in [3.63, 3.8) is 0 Å². The molecule has 0 saturated carbocycles. The molecule has 0 spiro atoms. The molecule has 0 atom stereocenters. The Bertz CT molecular complexity index is 671. The molecule has 2 aromatic carbocycles. The van der Waals surface area contributed by atoms with Crippen LogP contribution in [0.15, 0.2) is 36.4 Å². The van der Waals surface area contributed by atoms with Crippen LogP contribution in [0.5, 0.6) is 5.75 Å². The van der Waals surface area contributed by atoms with Crippen molar-refractivity contribution in [2.45, 2.75) is 26.2 Å². The van der Waals surface area contributed by atoms with Gasteiger partial charge in [-0.3, -0.25) is 4.79 Å². The number of rotatable bonds is 6. The Morgan fingerprint density at radius 1 is 1.33 bits per heavy atom. The third-order valence-corrected chi connectivity index (χ3v) is 3.50. The molecule has 0 saturated heterocycles. The number of aliphatic carboxylic acids is 1. The molecule has 0 amide bonds. The molecule has 3 heteroatoms. The lowest BCUT2D eigenvalue weighted by molar-refractivity contribution is -0.137. The summed E-state index contributed by atoms with van der Waals surface area (Å²) in [4.78, 5) is 10.5. The smallest absolute Gasteiger partial charge is 0.303 e. The summed E-state index contributed by atoms with van der Waals surface area (Å²) in [6.45, 7) is 2.06. The summed E-state index contributed by atoms with van der Waals surface area (Å²) in [5, 5.41) is 10.9. The maximum Gasteiger partial charge on any atom is 0.303 e. The first kappa shape index (κ1) is 15.1. The van der Waals surface area contributed by atoms with Gasteiger partial charge in [0.25, 0.3) is 0 Å². The van der Waals surface area contributed by atoms with E-state index in [-0.39, 0.29) is 6.42 Å². The third kappa shape index (κ3) is 3.63. The summed E-state index contributed by atoms with van der Waals surface area (Å²) >= 11 is 0. The van der Waals surface area contributed by atoms with Gasteiger partial charge in [-0.15, -0.1) is 0 Å². The second kappa shape index (κ2) is 6.93. The van der Waals surface area contributed by atoms with Crippen molar-refractivity contribution in [3.8, 4) is 5.75 Å². The van der Waals surface area contributed by atoms with E-state index < -0.39 is 5.97 Å². The van der Waals surface area contributed by atoms with Crippen LogP contribution in [-0.4, -0.2) is 18.2 Å². The van der Waals surface area contributed by atoms with E-state index in [0.29, 0.717) is 6.42 Å². The summed E-state index contributed by atoms with van der Waals surface area (Å²) in [7, 11) is 1.68. The zero-order valence-electron chi connectivity index (χ0n) is 12.4. The van der Waals surface area contributed by atoms with Crippen LogP contribution < -0.4 is 4.74 Å². The van der Waals surface area contributed by atoms with E-state index in [9.17, 15) is 4.79 Å². The van der Waals surface area contributed by atoms with E-state index in [0.717, 1.165) is 34.1 Å². The maximum atomic E-state index is 10.5. The summed E-state index contributed by atoms with van der Waals surface area (Å²) in [6, 6.07) is 10.3. The zero-order valence-corrected chi connectivity index (χ0v) is 12.4. The van der Waals surface area contributed by atoms with Crippen molar-refractivity contribution in [2.24, 2.45) is 0 Å². The van der Waals surface area contributed by atoms with E-state index >= 15 is 0 Å². The predicted octanol–water partition coefficient (Wildman–Crippen LogP) is 4.42. The van der Waals surface area contributed by atoms with Gasteiger partial charge < -0.3 is 9.84 Å². The minimum absolute atomic E-state index is 0.207. The number of carboxylic acid groups (broad SMARTS) is 1. The van der Waals surface area contributed by atoms with Crippen molar-refractivity contribution >= 4 is 22.8 Å². The van der Waals surface area contributed by atoms with Crippen LogP contribution in [0, 0.1) is 6.92 Å². The molecule has 0 aliphatic heterocycles. The van der Waals surface area contributed by atoms with Crippen molar-refractivity contribution in [2.75, 3.05) is 7.11 Å². The van der Waals surface area contributed by atoms with Crippen LogP contribution >= 0.6 is 0 Å². The van der Waals surface area contributed by atoms with Gasteiger partial charge in [0.15, 0.2) is 0 Å². The van der Waals surface area contributed by atoms with Crippen LogP contribution in [0.3, 0.4) is 0 Å². The molecule has 0 radical (unpaired) electrons. The molecular formula is C18H20O3. The van der Waals surface area contributed by atoms with E-state index in [1.54, 1.807) is 7.11 Å². The largest absolute Gasteiger partial charge is 0.495 e. The molecule has 0 aromatic heterocycles. The Morgan fingerprint density at radius 3 is 2.81 bits per heavy atom. The Balaban J connectivity index is 2.28. The van der Waals surface area contributed by atoms with Gasteiger partial charge >= 0.3 is 5.97 Å². The lowest BCUT2D eigenvalue weighted by Crippen LogP contribution is -1.93. The standard InChI is InChI=1S/C18H20O3/c1-13-12-14-8-6-7-10-16(14)18(21-2)15(13)9-4-3-5-11-17(19)20/h4,6-10,12H,3,5,11H2,1-2H3,(H,19,20)/b9-4+. The fraction of sp³-hybridized carbons (Fsp3) is 0.278. The number of carbonyl (C=O) groups is 1. The number of ether oxygens (including phenoxy) is 1. The number of aryl methyl sites for hydroxylation is 1. The number of unbranched alkanes of at least 4 members (excludes halogenated alkanes) is 1. The summed E-state index contributed by atoms with van der Waals surface area (Å²) in [6.07, 6.45) is 5.66. The fourth-order valence-electron chi connectivity index (χ4n) is 2.46. The van der Waals surface area contributed by atoms with E-state index in [4.69, 9.17) is 9.84 Å². The van der Waals surface area contributed by atoms with Crippen LogP contribution in [0.1, 0.15) is 30.4 Å². The van der Waals surface area contributed by atoms with Crippen LogP contribution in [0.25, 0.3) is 16.8 Å². The molecule has 2 aromatic rings. The van der Waals surface area contributed by atoms with E-state index in [1.807, 2.05) is 24.3 Å². The van der Waals surface area contributed by atoms with Crippen molar-refractivity contribution in [1.29, 1.82) is 0 Å². The highest BCUT2D eigenvalue weighted by Gasteiger charge is 2.09. The number of carboxylic acids is 1. The maximum absolute atomic E-state index is 10.5. The van der Waals surface area contributed by atoms with Gasteiger partial charge in [0.1, 0.15) is 5.75 Å². The minimum Gasteiger partial charge on any atom is -0.495 e. The fourth-order valence-corrected chi connectivity index (χ4v) is 2.46. The highest BCUT2D eigenvalue weighted by atomic mass is 16.5. The number of allylic oxidation sites excluding steroid dienone is 1. The molecule has 1 N–H and O–H groups in total. The third-order valence-electron chi connectivity index (χ3n) is 3.50. The van der Waals surface area contributed by atoms with E-state index in [2.05, 4.69) is 25.1 Å². The monoisotopic (exact) mass is 284 g/mol.